The number of hydrogen-bond acceptors (Lipinski definition) is 3. The van der Waals surface area contributed by atoms with Crippen LogP contribution in [-0.4, -0.2) is 26.5 Å². The van der Waals surface area contributed by atoms with Crippen molar-refractivity contribution in [2.75, 3.05) is 5.32 Å². The zero-order valence-electron chi connectivity index (χ0n) is 13.3. The minimum atomic E-state index is -0.981. The lowest BCUT2D eigenvalue weighted by molar-refractivity contribution is -0.138. The Balaban J connectivity index is 2.24. The van der Waals surface area contributed by atoms with Gasteiger partial charge in [-0.15, -0.1) is 0 Å². The van der Waals surface area contributed by atoms with Crippen LogP contribution in [0.25, 0.3) is 11.0 Å². The number of nitrogens with zero attached hydrogens (tertiary/aromatic N) is 2. The standard InChI is InChI=1S/C16H21N3O3/c1-16(2,3)15-18-11-9-10(5-6-12(11)19(15)4)17-13(20)7-8-14(21)22/h5-6,9H,7-8H2,1-4H3,(H,17,20)(H,21,22). The number of nitrogens with one attached hydrogen (secondary N) is 1. The summed E-state index contributed by atoms with van der Waals surface area (Å²) in [6, 6.07) is 5.52. The molecule has 22 heavy (non-hydrogen) atoms. The van der Waals surface area contributed by atoms with Gasteiger partial charge in [0.2, 0.25) is 5.91 Å². The number of carboxylic acid groups (broad SMARTS) is 1. The van der Waals surface area contributed by atoms with E-state index in [0.717, 1.165) is 16.9 Å². The highest BCUT2D eigenvalue weighted by Crippen LogP contribution is 2.26. The van der Waals surface area contributed by atoms with E-state index in [2.05, 4.69) is 31.1 Å². The fourth-order valence-electron chi connectivity index (χ4n) is 2.39. The first-order chi connectivity index (χ1) is 10.2. The molecule has 1 amide bonds. The van der Waals surface area contributed by atoms with Gasteiger partial charge in [-0.2, -0.15) is 0 Å². The monoisotopic (exact) mass is 303 g/mol. The third-order valence-corrected chi connectivity index (χ3v) is 3.40. The van der Waals surface area contributed by atoms with Crippen LogP contribution in [0.2, 0.25) is 0 Å². The lowest BCUT2D eigenvalue weighted by Gasteiger charge is -2.17. The SMILES string of the molecule is Cn1c(C(C)(C)C)nc2cc(NC(=O)CCC(=O)O)ccc21. The molecule has 6 nitrogen and oxygen atoms in total. The highest BCUT2D eigenvalue weighted by molar-refractivity contribution is 5.94. The van der Waals surface area contributed by atoms with Gasteiger partial charge in [-0.3, -0.25) is 9.59 Å². The largest absolute Gasteiger partial charge is 0.481 e. The molecule has 1 aromatic carbocycles. The predicted octanol–water partition coefficient (Wildman–Crippen LogP) is 2.67. The fraction of sp³-hybridized carbons (Fsp3) is 0.438. The lowest BCUT2D eigenvalue weighted by Crippen LogP contribution is -2.17. The average molecular weight is 303 g/mol. The summed E-state index contributed by atoms with van der Waals surface area (Å²) in [5.74, 6) is -0.323. The Morgan fingerprint density at radius 2 is 1.95 bits per heavy atom. The molecule has 1 aromatic heterocycles. The Labute approximate surface area is 129 Å². The topological polar surface area (TPSA) is 84.2 Å². The summed E-state index contributed by atoms with van der Waals surface area (Å²) in [6.07, 6.45) is -0.214. The van der Waals surface area contributed by atoms with Crippen LogP contribution in [0.1, 0.15) is 39.4 Å². The van der Waals surface area contributed by atoms with Crippen LogP contribution in [0.15, 0.2) is 18.2 Å². The van der Waals surface area contributed by atoms with E-state index in [1.807, 2.05) is 23.7 Å². The number of rotatable bonds is 4. The molecular weight excluding hydrogens is 282 g/mol. The summed E-state index contributed by atoms with van der Waals surface area (Å²) in [5, 5.41) is 11.3. The van der Waals surface area contributed by atoms with E-state index in [9.17, 15) is 9.59 Å². The van der Waals surface area contributed by atoms with Crippen LogP contribution in [0.3, 0.4) is 0 Å². The van der Waals surface area contributed by atoms with Crippen molar-refractivity contribution in [3.05, 3.63) is 24.0 Å². The molecule has 118 valence electrons. The molecule has 0 aliphatic heterocycles. The molecule has 0 atom stereocenters. The van der Waals surface area contributed by atoms with Gasteiger partial charge < -0.3 is 15.0 Å². The number of aromatic nitrogens is 2. The predicted molar refractivity (Wildman–Crippen MR) is 84.9 cm³/mol. The van der Waals surface area contributed by atoms with Crippen LogP contribution < -0.4 is 5.32 Å². The summed E-state index contributed by atoms with van der Waals surface area (Å²) in [5.41, 5.74) is 2.36. The van der Waals surface area contributed by atoms with Crippen molar-refractivity contribution in [1.82, 2.24) is 9.55 Å². The van der Waals surface area contributed by atoms with Crippen molar-refractivity contribution in [3.8, 4) is 0 Å². The number of imidazole rings is 1. The van der Waals surface area contributed by atoms with Gasteiger partial charge in [-0.25, -0.2) is 4.98 Å². The van der Waals surface area contributed by atoms with E-state index < -0.39 is 5.97 Å². The molecule has 1 heterocycles. The van der Waals surface area contributed by atoms with Crippen molar-refractivity contribution in [3.63, 3.8) is 0 Å². The molecule has 0 bridgehead atoms. The maximum atomic E-state index is 11.7. The fourth-order valence-corrected chi connectivity index (χ4v) is 2.39. The first-order valence-electron chi connectivity index (χ1n) is 7.17. The molecule has 2 rings (SSSR count). The Morgan fingerprint density at radius 1 is 1.27 bits per heavy atom. The number of benzene rings is 1. The summed E-state index contributed by atoms with van der Waals surface area (Å²) >= 11 is 0. The van der Waals surface area contributed by atoms with Crippen molar-refractivity contribution in [2.24, 2.45) is 7.05 Å². The number of hydrogen-bond donors (Lipinski definition) is 2. The van der Waals surface area contributed by atoms with Gasteiger partial charge in [0.15, 0.2) is 0 Å². The molecule has 0 aliphatic carbocycles. The van der Waals surface area contributed by atoms with Gasteiger partial charge in [0.05, 0.1) is 17.5 Å². The molecule has 0 saturated carbocycles. The average Bonchev–Trinajstić information content (AvgIpc) is 2.73. The van der Waals surface area contributed by atoms with E-state index in [-0.39, 0.29) is 24.2 Å². The highest BCUT2D eigenvalue weighted by Gasteiger charge is 2.21. The highest BCUT2D eigenvalue weighted by atomic mass is 16.4. The van der Waals surface area contributed by atoms with E-state index in [1.165, 1.54) is 0 Å². The van der Waals surface area contributed by atoms with E-state index in [1.54, 1.807) is 6.07 Å². The number of carbonyl (C=O) groups excluding carboxylic acids is 1. The number of fused-ring (bicyclic) bond motifs is 1. The smallest absolute Gasteiger partial charge is 0.303 e. The van der Waals surface area contributed by atoms with Crippen molar-refractivity contribution in [1.29, 1.82) is 0 Å². The van der Waals surface area contributed by atoms with E-state index >= 15 is 0 Å². The number of aryl methyl sites for hydroxylation is 1. The zero-order chi connectivity index (χ0) is 16.5. The molecule has 0 fully saturated rings. The van der Waals surface area contributed by atoms with Crippen LogP contribution in [0.5, 0.6) is 0 Å². The normalized spacial score (nSPS) is 11.6. The van der Waals surface area contributed by atoms with Gasteiger partial charge in [-0.05, 0) is 18.2 Å². The van der Waals surface area contributed by atoms with Gasteiger partial charge in [0.1, 0.15) is 5.82 Å². The summed E-state index contributed by atoms with van der Waals surface area (Å²) < 4.78 is 2.05. The van der Waals surface area contributed by atoms with Gasteiger partial charge in [0, 0.05) is 24.6 Å². The molecule has 0 radical (unpaired) electrons. The number of carboxylic acids is 1. The van der Waals surface area contributed by atoms with E-state index in [4.69, 9.17) is 5.11 Å². The van der Waals surface area contributed by atoms with Crippen LogP contribution in [-0.2, 0) is 22.1 Å². The lowest BCUT2D eigenvalue weighted by atomic mass is 9.96. The number of carbonyl (C=O) groups is 2. The molecule has 0 aliphatic rings. The third kappa shape index (κ3) is 3.44. The van der Waals surface area contributed by atoms with Crippen LogP contribution in [0.4, 0.5) is 5.69 Å². The molecule has 0 unspecified atom stereocenters. The Bertz CT molecular complexity index is 726. The van der Waals surface area contributed by atoms with Gasteiger partial charge >= 0.3 is 5.97 Å². The van der Waals surface area contributed by atoms with Crippen LogP contribution in [0, 0.1) is 0 Å². The van der Waals surface area contributed by atoms with Crippen molar-refractivity contribution < 1.29 is 14.7 Å². The number of aliphatic carboxylic acids is 1. The maximum absolute atomic E-state index is 11.7. The first kappa shape index (κ1) is 16.0. The first-order valence-corrected chi connectivity index (χ1v) is 7.17. The minimum absolute atomic E-state index is 0.0389. The number of anilines is 1. The second kappa shape index (κ2) is 5.79. The number of amides is 1. The Morgan fingerprint density at radius 3 is 2.55 bits per heavy atom. The minimum Gasteiger partial charge on any atom is -0.481 e. The summed E-state index contributed by atoms with van der Waals surface area (Å²) in [7, 11) is 1.97. The van der Waals surface area contributed by atoms with Gasteiger partial charge in [-0.1, -0.05) is 20.8 Å². The second-order valence-electron chi connectivity index (χ2n) is 6.39. The third-order valence-electron chi connectivity index (χ3n) is 3.40. The molecule has 0 saturated heterocycles. The van der Waals surface area contributed by atoms with Crippen molar-refractivity contribution in [2.45, 2.75) is 39.0 Å². The molecule has 2 N–H and O–H groups in total. The quantitative estimate of drug-likeness (QED) is 0.909. The maximum Gasteiger partial charge on any atom is 0.303 e. The molecule has 0 spiro atoms. The Kier molecular flexibility index (Phi) is 4.21. The van der Waals surface area contributed by atoms with Gasteiger partial charge in [0.25, 0.3) is 0 Å². The van der Waals surface area contributed by atoms with E-state index in [0.29, 0.717) is 5.69 Å². The zero-order valence-corrected chi connectivity index (χ0v) is 13.3. The van der Waals surface area contributed by atoms with Crippen molar-refractivity contribution >= 4 is 28.6 Å². The second-order valence-corrected chi connectivity index (χ2v) is 6.39. The Hall–Kier alpha value is -2.37. The summed E-state index contributed by atoms with van der Waals surface area (Å²) in [4.78, 5) is 26.8. The van der Waals surface area contributed by atoms with Crippen LogP contribution >= 0.6 is 0 Å². The molecular formula is C16H21N3O3. The molecule has 2 aromatic rings. The molecule has 6 heteroatoms. The summed E-state index contributed by atoms with van der Waals surface area (Å²) in [6.45, 7) is 6.30.